The van der Waals surface area contributed by atoms with Crippen LogP contribution in [0, 0.1) is 0 Å². The number of rotatable bonds is 3. The summed E-state index contributed by atoms with van der Waals surface area (Å²) in [5, 5.41) is 2.07. The van der Waals surface area contributed by atoms with E-state index < -0.39 is 25.0 Å². The van der Waals surface area contributed by atoms with Crippen molar-refractivity contribution in [3.05, 3.63) is 23.1 Å². The molecule has 84 valence electrons. The van der Waals surface area contributed by atoms with E-state index >= 15 is 0 Å². The minimum absolute atomic E-state index is 0.0102. The molecule has 0 saturated heterocycles. The molecule has 0 radical (unpaired) electrons. The molecule has 0 unspecified atom stereocenters. The first kappa shape index (κ1) is 11.9. The average Bonchev–Trinajstić information content (AvgIpc) is 2.49. The molecule has 0 atom stereocenters. The summed E-state index contributed by atoms with van der Waals surface area (Å²) >= 11 is 5.38. The van der Waals surface area contributed by atoms with Gasteiger partial charge in [0.05, 0.1) is 6.42 Å². The normalized spacial score (nSPS) is 11.5. The molecule has 1 N–H and O–H groups in total. The van der Waals surface area contributed by atoms with Crippen LogP contribution in [-0.2, 0) is 0 Å². The van der Waals surface area contributed by atoms with Crippen LogP contribution in [0.4, 0.5) is 13.2 Å². The summed E-state index contributed by atoms with van der Waals surface area (Å²) in [4.78, 5) is 11.1. The third-order valence-corrected chi connectivity index (χ3v) is 1.69. The first-order valence-electron chi connectivity index (χ1n) is 3.99. The van der Waals surface area contributed by atoms with Crippen molar-refractivity contribution in [2.45, 2.75) is 12.6 Å². The first-order valence-corrected chi connectivity index (χ1v) is 4.36. The highest BCUT2D eigenvalue weighted by atomic mass is 35.5. The van der Waals surface area contributed by atoms with Crippen LogP contribution < -0.4 is 5.32 Å². The minimum atomic E-state index is -4.28. The van der Waals surface area contributed by atoms with Crippen LogP contribution >= 0.6 is 11.6 Å². The molecule has 1 heterocycles. The van der Waals surface area contributed by atoms with Gasteiger partial charge in [-0.15, -0.1) is 0 Å². The van der Waals surface area contributed by atoms with Crippen LogP contribution in [0.2, 0.25) is 5.22 Å². The molecular formula is C8H7ClF3NO2. The lowest BCUT2D eigenvalue weighted by Gasteiger charge is -2.06. The maximum atomic E-state index is 11.7. The third kappa shape index (κ3) is 4.24. The van der Waals surface area contributed by atoms with Gasteiger partial charge < -0.3 is 9.73 Å². The molecule has 1 rings (SSSR count). The fourth-order valence-electron chi connectivity index (χ4n) is 0.841. The predicted molar refractivity (Wildman–Crippen MR) is 46.7 cm³/mol. The molecule has 0 saturated carbocycles. The summed E-state index contributed by atoms with van der Waals surface area (Å²) in [6, 6.07) is 2.62. The van der Waals surface area contributed by atoms with E-state index in [2.05, 4.69) is 5.32 Å². The second kappa shape index (κ2) is 4.57. The van der Waals surface area contributed by atoms with Crippen LogP contribution in [0.15, 0.2) is 16.5 Å². The number of alkyl halides is 3. The SMILES string of the molecule is O=C(NCCC(F)(F)F)c1ccc(Cl)o1. The molecule has 7 heteroatoms. The maximum absolute atomic E-state index is 11.7. The Hall–Kier alpha value is -1.17. The summed E-state index contributed by atoms with van der Waals surface area (Å²) in [6.07, 6.45) is -5.36. The zero-order valence-electron chi connectivity index (χ0n) is 7.40. The summed E-state index contributed by atoms with van der Waals surface area (Å²) < 4.78 is 39.9. The number of nitrogens with one attached hydrogen (secondary N) is 1. The van der Waals surface area contributed by atoms with E-state index in [4.69, 9.17) is 16.0 Å². The lowest BCUT2D eigenvalue weighted by atomic mass is 10.4. The Balaban J connectivity index is 2.37. The van der Waals surface area contributed by atoms with Gasteiger partial charge in [0, 0.05) is 6.54 Å². The molecule has 1 aromatic rings. The van der Waals surface area contributed by atoms with Gasteiger partial charge in [-0.25, -0.2) is 0 Å². The Bertz CT molecular complexity index is 348. The largest absolute Gasteiger partial charge is 0.440 e. The van der Waals surface area contributed by atoms with Gasteiger partial charge in [0.15, 0.2) is 11.0 Å². The van der Waals surface area contributed by atoms with Crippen molar-refractivity contribution in [1.29, 1.82) is 0 Å². The van der Waals surface area contributed by atoms with Crippen LogP contribution in [0.25, 0.3) is 0 Å². The van der Waals surface area contributed by atoms with Crippen molar-refractivity contribution in [3.63, 3.8) is 0 Å². The molecule has 0 aliphatic carbocycles. The van der Waals surface area contributed by atoms with Crippen LogP contribution in [0.5, 0.6) is 0 Å². The summed E-state index contributed by atoms with van der Waals surface area (Å²) in [7, 11) is 0. The molecule has 0 aliphatic rings. The van der Waals surface area contributed by atoms with Gasteiger partial charge in [0.1, 0.15) is 0 Å². The molecule has 3 nitrogen and oxygen atoms in total. The Morgan fingerprint density at radius 1 is 1.47 bits per heavy atom. The van der Waals surface area contributed by atoms with Gasteiger partial charge in [-0.1, -0.05) is 0 Å². The number of carbonyl (C=O) groups is 1. The van der Waals surface area contributed by atoms with Gasteiger partial charge in [0.25, 0.3) is 5.91 Å². The second-order valence-corrected chi connectivity index (χ2v) is 3.10. The minimum Gasteiger partial charge on any atom is -0.440 e. The molecular weight excluding hydrogens is 235 g/mol. The van der Waals surface area contributed by atoms with Crippen molar-refractivity contribution in [1.82, 2.24) is 5.32 Å². The van der Waals surface area contributed by atoms with Crippen LogP contribution in [0.1, 0.15) is 17.0 Å². The third-order valence-electron chi connectivity index (χ3n) is 1.49. The first-order chi connectivity index (χ1) is 6.88. The number of halogens is 4. The molecule has 1 aromatic heterocycles. The quantitative estimate of drug-likeness (QED) is 0.884. The zero-order chi connectivity index (χ0) is 11.5. The molecule has 0 aromatic carbocycles. The van der Waals surface area contributed by atoms with Crippen molar-refractivity contribution in [2.75, 3.05) is 6.54 Å². The van der Waals surface area contributed by atoms with E-state index in [1.807, 2.05) is 0 Å². The van der Waals surface area contributed by atoms with E-state index in [-0.39, 0.29) is 11.0 Å². The molecule has 0 bridgehead atoms. The standard InChI is InChI=1S/C8H7ClF3NO2/c9-6-2-1-5(15-6)7(14)13-4-3-8(10,11)12/h1-2H,3-4H2,(H,13,14). The number of carbonyl (C=O) groups excluding carboxylic acids is 1. The van der Waals surface area contributed by atoms with Crippen LogP contribution in [0.3, 0.4) is 0 Å². The number of hydrogen-bond donors (Lipinski definition) is 1. The van der Waals surface area contributed by atoms with Crippen molar-refractivity contribution >= 4 is 17.5 Å². The van der Waals surface area contributed by atoms with Crippen molar-refractivity contribution in [3.8, 4) is 0 Å². The Morgan fingerprint density at radius 3 is 2.60 bits per heavy atom. The predicted octanol–water partition coefficient (Wildman–Crippen LogP) is 2.62. The highest BCUT2D eigenvalue weighted by Crippen LogP contribution is 2.18. The molecule has 15 heavy (non-hydrogen) atoms. The topological polar surface area (TPSA) is 42.2 Å². The average molecular weight is 242 g/mol. The Labute approximate surface area is 88.2 Å². The van der Waals surface area contributed by atoms with Gasteiger partial charge in [0.2, 0.25) is 0 Å². The Kier molecular flexibility index (Phi) is 3.62. The highest BCUT2D eigenvalue weighted by molar-refractivity contribution is 6.29. The number of furan rings is 1. The summed E-state index contributed by atoms with van der Waals surface area (Å²) in [5.74, 6) is -0.826. The second-order valence-electron chi connectivity index (χ2n) is 2.72. The van der Waals surface area contributed by atoms with Crippen LogP contribution in [-0.4, -0.2) is 18.6 Å². The van der Waals surface area contributed by atoms with Crippen molar-refractivity contribution in [2.24, 2.45) is 0 Å². The monoisotopic (exact) mass is 241 g/mol. The van der Waals surface area contributed by atoms with Gasteiger partial charge in [-0.2, -0.15) is 13.2 Å². The van der Waals surface area contributed by atoms with E-state index in [0.717, 1.165) is 0 Å². The fraction of sp³-hybridized carbons (Fsp3) is 0.375. The van der Waals surface area contributed by atoms with E-state index in [1.165, 1.54) is 12.1 Å². The van der Waals surface area contributed by atoms with E-state index in [9.17, 15) is 18.0 Å². The Morgan fingerprint density at radius 2 is 2.13 bits per heavy atom. The van der Waals surface area contributed by atoms with E-state index in [1.54, 1.807) is 0 Å². The van der Waals surface area contributed by atoms with Gasteiger partial charge in [-0.3, -0.25) is 4.79 Å². The molecule has 0 fully saturated rings. The smallest absolute Gasteiger partial charge is 0.390 e. The summed E-state index contributed by atoms with van der Waals surface area (Å²) in [6.45, 7) is -0.485. The highest BCUT2D eigenvalue weighted by Gasteiger charge is 2.26. The van der Waals surface area contributed by atoms with Gasteiger partial charge in [-0.05, 0) is 23.7 Å². The lowest BCUT2D eigenvalue weighted by Crippen LogP contribution is -2.27. The number of hydrogen-bond acceptors (Lipinski definition) is 2. The van der Waals surface area contributed by atoms with Gasteiger partial charge >= 0.3 is 6.18 Å². The maximum Gasteiger partial charge on any atom is 0.390 e. The number of amides is 1. The lowest BCUT2D eigenvalue weighted by molar-refractivity contribution is -0.133. The van der Waals surface area contributed by atoms with E-state index in [0.29, 0.717) is 0 Å². The molecule has 0 spiro atoms. The van der Waals surface area contributed by atoms with Crippen molar-refractivity contribution < 1.29 is 22.4 Å². The molecule has 0 aliphatic heterocycles. The molecule has 1 amide bonds. The fourth-order valence-corrected chi connectivity index (χ4v) is 0.987. The zero-order valence-corrected chi connectivity index (χ0v) is 8.15. The summed E-state index contributed by atoms with van der Waals surface area (Å²) in [5.41, 5.74) is 0.